The first-order valence-electron chi connectivity index (χ1n) is 7.98. The van der Waals surface area contributed by atoms with E-state index in [9.17, 15) is 9.18 Å². The van der Waals surface area contributed by atoms with Crippen LogP contribution in [0.1, 0.15) is 12.5 Å². The van der Waals surface area contributed by atoms with E-state index in [0.717, 1.165) is 4.47 Å². The van der Waals surface area contributed by atoms with Crippen LogP contribution >= 0.6 is 39.1 Å². The molecular weight excluding hydrogens is 460 g/mol. The molecule has 142 valence electrons. The van der Waals surface area contributed by atoms with E-state index in [1.807, 2.05) is 0 Å². The number of hydrogen-bond acceptors (Lipinski definition) is 3. The number of carbonyl (C=O) groups excluding carboxylic acids is 1. The molecule has 27 heavy (non-hydrogen) atoms. The van der Waals surface area contributed by atoms with Crippen molar-refractivity contribution in [2.75, 3.05) is 5.32 Å². The molecule has 0 aliphatic rings. The monoisotopic (exact) mass is 473 g/mol. The molecule has 6 nitrogen and oxygen atoms in total. The highest BCUT2D eigenvalue weighted by Gasteiger charge is 2.18. The molecule has 0 spiro atoms. The molecular formula is C17H15BrCl2FN5O. The molecule has 3 rings (SSSR count). The summed E-state index contributed by atoms with van der Waals surface area (Å²) >= 11 is 15.5. The lowest BCUT2D eigenvalue weighted by Crippen LogP contribution is -2.25. The number of carbonyl (C=O) groups is 1. The molecule has 0 saturated heterocycles. The maximum atomic E-state index is 13.9. The SMILES string of the molecule is CC(Cn1cc(Br)cn1)C(=O)Nc1nn(Cc2c(F)cccc2Cl)cc1Cl. The minimum Gasteiger partial charge on any atom is -0.308 e. The Bertz CT molecular complexity index is 954. The van der Waals surface area contributed by atoms with Gasteiger partial charge < -0.3 is 5.32 Å². The zero-order chi connectivity index (χ0) is 19.6. The number of aromatic nitrogens is 4. The largest absolute Gasteiger partial charge is 0.308 e. The van der Waals surface area contributed by atoms with Gasteiger partial charge in [-0.25, -0.2) is 4.39 Å². The zero-order valence-corrected chi connectivity index (χ0v) is 17.3. The molecule has 0 bridgehead atoms. The first-order valence-corrected chi connectivity index (χ1v) is 9.53. The molecule has 0 aliphatic heterocycles. The number of amides is 1. The Balaban J connectivity index is 1.68. The first kappa shape index (κ1) is 19.9. The molecule has 1 unspecified atom stereocenters. The summed E-state index contributed by atoms with van der Waals surface area (Å²) < 4.78 is 17.9. The molecule has 1 amide bonds. The number of nitrogens with one attached hydrogen (secondary N) is 1. The Morgan fingerprint density at radius 3 is 2.74 bits per heavy atom. The third kappa shape index (κ3) is 4.88. The van der Waals surface area contributed by atoms with Gasteiger partial charge in [0, 0.05) is 23.0 Å². The van der Waals surface area contributed by atoms with Gasteiger partial charge in [-0.15, -0.1) is 0 Å². The second-order valence-electron chi connectivity index (χ2n) is 5.99. The first-order chi connectivity index (χ1) is 12.8. The average Bonchev–Trinajstić information content (AvgIpc) is 3.16. The van der Waals surface area contributed by atoms with Gasteiger partial charge in [0.2, 0.25) is 5.91 Å². The summed E-state index contributed by atoms with van der Waals surface area (Å²) in [6, 6.07) is 4.45. The smallest absolute Gasteiger partial charge is 0.230 e. The Morgan fingerprint density at radius 1 is 1.30 bits per heavy atom. The van der Waals surface area contributed by atoms with Crippen LogP contribution in [-0.2, 0) is 17.9 Å². The molecule has 0 radical (unpaired) electrons. The lowest BCUT2D eigenvalue weighted by Gasteiger charge is -2.11. The van der Waals surface area contributed by atoms with Gasteiger partial charge in [-0.2, -0.15) is 10.2 Å². The minimum absolute atomic E-state index is 0.0952. The van der Waals surface area contributed by atoms with Crippen LogP contribution < -0.4 is 5.32 Å². The summed E-state index contributed by atoms with van der Waals surface area (Å²) in [7, 11) is 0. The fourth-order valence-corrected chi connectivity index (χ4v) is 3.20. The van der Waals surface area contributed by atoms with Gasteiger partial charge in [-0.1, -0.05) is 36.2 Å². The quantitative estimate of drug-likeness (QED) is 0.567. The van der Waals surface area contributed by atoms with Crippen molar-refractivity contribution in [3.63, 3.8) is 0 Å². The maximum absolute atomic E-state index is 13.9. The molecule has 2 aromatic heterocycles. The Hall–Kier alpha value is -1.90. The van der Waals surface area contributed by atoms with Crippen LogP contribution in [0.3, 0.4) is 0 Å². The molecule has 1 atom stereocenters. The number of anilines is 1. The van der Waals surface area contributed by atoms with Crippen molar-refractivity contribution in [3.05, 3.63) is 62.7 Å². The molecule has 0 aliphatic carbocycles. The molecule has 3 aromatic rings. The van der Waals surface area contributed by atoms with Gasteiger partial charge in [-0.3, -0.25) is 14.2 Å². The predicted octanol–water partition coefficient (Wildman–Crippen LogP) is 4.61. The number of rotatable bonds is 6. The summed E-state index contributed by atoms with van der Waals surface area (Å²) in [6.07, 6.45) is 4.94. The summed E-state index contributed by atoms with van der Waals surface area (Å²) in [5, 5.41) is 11.6. The van der Waals surface area contributed by atoms with E-state index in [2.05, 4.69) is 31.4 Å². The second kappa shape index (κ2) is 8.41. The number of halogens is 4. The Morgan fingerprint density at radius 2 is 2.07 bits per heavy atom. The van der Waals surface area contributed by atoms with E-state index < -0.39 is 5.82 Å². The van der Waals surface area contributed by atoms with Gasteiger partial charge in [-0.05, 0) is 28.1 Å². The molecule has 1 N–H and O–H groups in total. The van der Waals surface area contributed by atoms with Gasteiger partial charge >= 0.3 is 0 Å². The Labute approximate surface area is 173 Å². The standard InChI is InChI=1S/C17H15BrCl2FN5O/c1-10(6-25-7-11(18)5-22-25)17(27)23-16-14(20)9-26(24-16)8-12-13(19)3-2-4-15(12)21/h2-5,7,9-10H,6,8H2,1H3,(H,23,24,27). The zero-order valence-electron chi connectivity index (χ0n) is 14.2. The van der Waals surface area contributed by atoms with Crippen molar-refractivity contribution in [2.24, 2.45) is 5.92 Å². The van der Waals surface area contributed by atoms with Crippen LogP contribution in [0.4, 0.5) is 10.2 Å². The third-order valence-electron chi connectivity index (χ3n) is 3.85. The molecule has 10 heteroatoms. The van der Waals surface area contributed by atoms with E-state index >= 15 is 0 Å². The van der Waals surface area contributed by atoms with Crippen LogP contribution in [0.5, 0.6) is 0 Å². The summed E-state index contributed by atoms with van der Waals surface area (Å²) in [4.78, 5) is 12.4. The van der Waals surface area contributed by atoms with Crippen molar-refractivity contribution in [1.29, 1.82) is 0 Å². The van der Waals surface area contributed by atoms with Crippen molar-refractivity contribution >= 4 is 50.9 Å². The van der Waals surface area contributed by atoms with Gasteiger partial charge in [0.05, 0.1) is 29.7 Å². The van der Waals surface area contributed by atoms with Crippen LogP contribution in [0.15, 0.2) is 41.3 Å². The van der Waals surface area contributed by atoms with Crippen LogP contribution in [0.2, 0.25) is 10.0 Å². The highest BCUT2D eigenvalue weighted by molar-refractivity contribution is 9.10. The van der Waals surface area contributed by atoms with Crippen LogP contribution in [0.25, 0.3) is 0 Å². The van der Waals surface area contributed by atoms with Gasteiger partial charge in [0.15, 0.2) is 5.82 Å². The third-order valence-corrected chi connectivity index (χ3v) is 4.89. The van der Waals surface area contributed by atoms with E-state index in [1.165, 1.54) is 23.0 Å². The van der Waals surface area contributed by atoms with Gasteiger partial charge in [0.1, 0.15) is 10.8 Å². The minimum atomic E-state index is -0.432. The number of benzene rings is 1. The topological polar surface area (TPSA) is 64.7 Å². The van der Waals surface area contributed by atoms with Gasteiger partial charge in [0.25, 0.3) is 0 Å². The number of nitrogens with zero attached hydrogens (tertiary/aromatic N) is 4. The van der Waals surface area contributed by atoms with E-state index in [0.29, 0.717) is 17.1 Å². The van der Waals surface area contributed by atoms with E-state index in [4.69, 9.17) is 23.2 Å². The highest BCUT2D eigenvalue weighted by atomic mass is 79.9. The van der Waals surface area contributed by atoms with Crippen LogP contribution in [-0.4, -0.2) is 25.5 Å². The maximum Gasteiger partial charge on any atom is 0.230 e. The van der Waals surface area contributed by atoms with Crippen molar-refractivity contribution < 1.29 is 9.18 Å². The molecule has 1 aromatic carbocycles. The van der Waals surface area contributed by atoms with Crippen molar-refractivity contribution in [2.45, 2.75) is 20.0 Å². The summed E-state index contributed by atoms with van der Waals surface area (Å²) in [5.41, 5.74) is 0.300. The fourth-order valence-electron chi connectivity index (χ4n) is 2.45. The predicted molar refractivity (Wildman–Crippen MR) is 105 cm³/mol. The van der Waals surface area contributed by atoms with Crippen molar-refractivity contribution in [3.8, 4) is 0 Å². The fraction of sp³-hybridized carbons (Fsp3) is 0.235. The average molecular weight is 475 g/mol. The molecule has 2 heterocycles. The number of hydrogen-bond donors (Lipinski definition) is 1. The normalized spacial score (nSPS) is 12.2. The lowest BCUT2D eigenvalue weighted by atomic mass is 10.1. The van der Waals surface area contributed by atoms with E-state index in [-0.39, 0.29) is 29.2 Å². The second-order valence-corrected chi connectivity index (χ2v) is 7.72. The summed E-state index contributed by atoms with van der Waals surface area (Å²) in [6.45, 7) is 2.27. The lowest BCUT2D eigenvalue weighted by molar-refractivity contribution is -0.119. The Kier molecular flexibility index (Phi) is 6.18. The van der Waals surface area contributed by atoms with Crippen molar-refractivity contribution in [1.82, 2.24) is 19.6 Å². The highest BCUT2D eigenvalue weighted by Crippen LogP contribution is 2.24. The van der Waals surface area contributed by atoms with Crippen LogP contribution in [0, 0.1) is 11.7 Å². The molecule has 0 fully saturated rings. The van der Waals surface area contributed by atoms with E-state index in [1.54, 1.807) is 30.1 Å². The molecule has 0 saturated carbocycles. The summed E-state index contributed by atoms with van der Waals surface area (Å²) in [5.74, 6) is -0.835.